The van der Waals surface area contributed by atoms with E-state index < -0.39 is 0 Å². The first-order chi connectivity index (χ1) is 19.2. The highest BCUT2D eigenvalue weighted by Gasteiger charge is 2.28. The fourth-order valence-electron chi connectivity index (χ4n) is 5.28. The summed E-state index contributed by atoms with van der Waals surface area (Å²) < 4.78 is 5.21. The van der Waals surface area contributed by atoms with Crippen molar-refractivity contribution in [3.05, 3.63) is 81.7 Å². The summed E-state index contributed by atoms with van der Waals surface area (Å²) >= 11 is 0. The molecule has 2 aliphatic heterocycles. The number of amides is 3. The number of piperazine rings is 1. The number of hydrogen-bond donors (Lipinski definition) is 3. The lowest BCUT2D eigenvalue weighted by molar-refractivity contribution is -0.110. The third-order valence-electron chi connectivity index (χ3n) is 7.80. The van der Waals surface area contributed by atoms with Crippen LogP contribution < -0.4 is 15.4 Å². The zero-order valence-corrected chi connectivity index (χ0v) is 23.6. The Labute approximate surface area is 234 Å². The van der Waals surface area contributed by atoms with Crippen LogP contribution in [0, 0.1) is 13.8 Å². The number of nitrogens with zero attached hydrogens (tertiary/aromatic N) is 2. The smallest absolute Gasteiger partial charge is 0.256 e. The molecule has 208 valence electrons. The molecule has 1 saturated heterocycles. The van der Waals surface area contributed by atoms with Crippen LogP contribution in [0.25, 0.3) is 11.6 Å². The summed E-state index contributed by atoms with van der Waals surface area (Å²) in [5.74, 6) is 0.264. The minimum Gasteiger partial charge on any atom is -0.497 e. The Bertz CT molecular complexity index is 1500. The molecule has 0 aliphatic carbocycles. The van der Waals surface area contributed by atoms with Gasteiger partial charge in [-0.1, -0.05) is 12.1 Å². The molecule has 1 aromatic heterocycles. The number of aromatic nitrogens is 1. The number of hydrogen-bond acceptors (Lipinski definition) is 5. The maximum atomic E-state index is 13.3. The van der Waals surface area contributed by atoms with Crippen LogP contribution in [0.15, 0.2) is 42.5 Å². The molecule has 3 heterocycles. The highest BCUT2D eigenvalue weighted by atomic mass is 16.5. The number of H-pyrrole nitrogens is 1. The molecule has 3 N–H and O–H groups in total. The van der Waals surface area contributed by atoms with E-state index in [9.17, 15) is 14.4 Å². The first-order valence-corrected chi connectivity index (χ1v) is 13.5. The number of nitrogens with one attached hydrogen (secondary N) is 3. The lowest BCUT2D eigenvalue weighted by Crippen LogP contribution is -2.47. The maximum absolute atomic E-state index is 13.3. The number of benzene rings is 2. The molecule has 9 nitrogen and oxygen atoms in total. The topological polar surface area (TPSA) is 107 Å². The monoisotopic (exact) mass is 541 g/mol. The Morgan fingerprint density at radius 3 is 2.42 bits per heavy atom. The fourth-order valence-corrected chi connectivity index (χ4v) is 5.28. The fraction of sp³-hybridized carbons (Fsp3) is 0.323. The van der Waals surface area contributed by atoms with Crippen LogP contribution in [0.5, 0.6) is 5.75 Å². The van der Waals surface area contributed by atoms with Crippen molar-refractivity contribution >= 4 is 35.1 Å². The number of likely N-dealkylation sites (N-methyl/N-ethyl adjacent to an activating group) is 1. The highest BCUT2D eigenvalue weighted by Crippen LogP contribution is 2.35. The summed E-state index contributed by atoms with van der Waals surface area (Å²) in [6.07, 6.45) is 1.77. The van der Waals surface area contributed by atoms with E-state index in [0.717, 1.165) is 35.7 Å². The Kier molecular flexibility index (Phi) is 7.49. The Morgan fingerprint density at radius 2 is 1.75 bits per heavy atom. The predicted octanol–water partition coefficient (Wildman–Crippen LogP) is 4.01. The third-order valence-corrected chi connectivity index (χ3v) is 7.80. The molecule has 3 amide bonds. The molecular weight excluding hydrogens is 506 g/mol. The summed E-state index contributed by atoms with van der Waals surface area (Å²) in [6, 6.07) is 12.5. The van der Waals surface area contributed by atoms with E-state index in [1.165, 1.54) is 0 Å². The van der Waals surface area contributed by atoms with E-state index in [1.807, 2.05) is 49.9 Å². The molecular formula is C31H35N5O4. The Balaban J connectivity index is 1.39. The summed E-state index contributed by atoms with van der Waals surface area (Å²) in [6.45, 7) is 8.76. The number of aryl methyl sites for hydroxylation is 1. The van der Waals surface area contributed by atoms with Gasteiger partial charge in [0.1, 0.15) is 5.75 Å². The number of fused-ring (bicyclic) bond motifs is 1. The second-order valence-corrected chi connectivity index (χ2v) is 10.5. The molecule has 0 spiro atoms. The van der Waals surface area contributed by atoms with Gasteiger partial charge in [-0.2, -0.15) is 0 Å². The first kappa shape index (κ1) is 27.2. The van der Waals surface area contributed by atoms with Gasteiger partial charge in [-0.05, 0) is 75.4 Å². The van der Waals surface area contributed by atoms with Crippen molar-refractivity contribution in [2.75, 3.05) is 45.7 Å². The Morgan fingerprint density at radius 1 is 1.05 bits per heavy atom. The molecule has 5 rings (SSSR count). The zero-order chi connectivity index (χ0) is 28.6. The molecule has 40 heavy (non-hydrogen) atoms. The normalized spacial score (nSPS) is 17.0. The van der Waals surface area contributed by atoms with Crippen molar-refractivity contribution < 1.29 is 19.1 Å². The van der Waals surface area contributed by atoms with Crippen molar-refractivity contribution in [3.8, 4) is 5.75 Å². The van der Waals surface area contributed by atoms with Gasteiger partial charge in [0, 0.05) is 54.4 Å². The van der Waals surface area contributed by atoms with E-state index in [2.05, 4.69) is 27.6 Å². The first-order valence-electron chi connectivity index (χ1n) is 13.5. The lowest BCUT2D eigenvalue weighted by Gasteiger charge is -2.32. The van der Waals surface area contributed by atoms with E-state index in [4.69, 9.17) is 4.74 Å². The number of anilines is 1. The summed E-state index contributed by atoms with van der Waals surface area (Å²) in [5, 5.41) is 5.91. The Hall–Kier alpha value is -4.37. The lowest BCUT2D eigenvalue weighted by atomic mass is 10.0. The van der Waals surface area contributed by atoms with Gasteiger partial charge >= 0.3 is 0 Å². The van der Waals surface area contributed by atoms with Gasteiger partial charge in [0.15, 0.2) is 0 Å². The van der Waals surface area contributed by atoms with E-state index in [1.54, 1.807) is 31.4 Å². The van der Waals surface area contributed by atoms with Gasteiger partial charge in [-0.25, -0.2) is 0 Å². The minimum atomic E-state index is -0.252. The van der Waals surface area contributed by atoms with Crippen molar-refractivity contribution in [2.45, 2.75) is 26.8 Å². The van der Waals surface area contributed by atoms with E-state index in [-0.39, 0.29) is 23.8 Å². The van der Waals surface area contributed by atoms with E-state index in [0.29, 0.717) is 46.7 Å². The summed E-state index contributed by atoms with van der Waals surface area (Å²) in [5.41, 5.74) is 6.06. The second-order valence-electron chi connectivity index (χ2n) is 10.5. The SMILES string of the molecule is COc1ccc(C(C)NC(=O)c2ccc3c(c2)C(=Cc2[nH]c(C)c(C(=O)N4CCN(C)CC4)c2C)C(=O)N3)cc1. The van der Waals surface area contributed by atoms with Gasteiger partial charge in [0.2, 0.25) is 0 Å². The average Bonchev–Trinajstić information content (AvgIpc) is 3.41. The number of aromatic amines is 1. The molecule has 9 heteroatoms. The van der Waals surface area contributed by atoms with Crippen molar-refractivity contribution in [1.29, 1.82) is 0 Å². The maximum Gasteiger partial charge on any atom is 0.256 e. The largest absolute Gasteiger partial charge is 0.497 e. The van der Waals surface area contributed by atoms with Crippen LogP contribution in [-0.4, -0.2) is 72.8 Å². The van der Waals surface area contributed by atoms with Crippen LogP contribution in [-0.2, 0) is 4.79 Å². The number of carbonyl (C=O) groups excluding carboxylic acids is 3. The van der Waals surface area contributed by atoms with Crippen LogP contribution in [0.4, 0.5) is 5.69 Å². The van der Waals surface area contributed by atoms with Gasteiger partial charge in [-0.3, -0.25) is 14.4 Å². The zero-order valence-electron chi connectivity index (χ0n) is 23.6. The molecule has 1 fully saturated rings. The standard InChI is InChI=1S/C31H35N5O4/c1-18-27(32-20(3)28(18)31(39)36-14-12-35(4)13-15-36)17-25-24-16-22(8-11-26(24)34-30(25)38)29(37)33-19(2)21-6-9-23(40-5)10-7-21/h6-11,16-17,19,32H,12-15H2,1-5H3,(H,33,37)(H,34,38). The third kappa shape index (κ3) is 5.24. The number of carbonyl (C=O) groups is 3. The summed E-state index contributed by atoms with van der Waals surface area (Å²) in [7, 11) is 3.67. The molecule has 3 aromatic rings. The van der Waals surface area contributed by atoms with Gasteiger partial charge in [0.25, 0.3) is 17.7 Å². The molecule has 1 atom stereocenters. The van der Waals surface area contributed by atoms with E-state index >= 15 is 0 Å². The second kappa shape index (κ2) is 11.0. The highest BCUT2D eigenvalue weighted by molar-refractivity contribution is 6.35. The molecule has 1 unspecified atom stereocenters. The number of rotatable bonds is 6. The van der Waals surface area contributed by atoms with Crippen LogP contribution in [0.2, 0.25) is 0 Å². The minimum absolute atomic E-state index is 0.00482. The van der Waals surface area contributed by atoms with Crippen LogP contribution in [0.1, 0.15) is 61.8 Å². The van der Waals surface area contributed by atoms with Crippen molar-refractivity contribution in [2.24, 2.45) is 0 Å². The van der Waals surface area contributed by atoms with Gasteiger partial charge < -0.3 is 30.2 Å². The van der Waals surface area contributed by atoms with Crippen LogP contribution >= 0.6 is 0 Å². The van der Waals surface area contributed by atoms with Gasteiger partial charge in [-0.15, -0.1) is 0 Å². The molecule has 2 aromatic carbocycles. The average molecular weight is 542 g/mol. The number of methoxy groups -OCH3 is 1. The molecule has 0 radical (unpaired) electrons. The molecule has 2 aliphatic rings. The van der Waals surface area contributed by atoms with Gasteiger partial charge in [0.05, 0.1) is 24.3 Å². The quantitative estimate of drug-likeness (QED) is 0.409. The summed E-state index contributed by atoms with van der Waals surface area (Å²) in [4.78, 5) is 46.8. The predicted molar refractivity (Wildman–Crippen MR) is 155 cm³/mol. The van der Waals surface area contributed by atoms with Crippen molar-refractivity contribution in [3.63, 3.8) is 0 Å². The van der Waals surface area contributed by atoms with Crippen molar-refractivity contribution in [1.82, 2.24) is 20.1 Å². The number of ether oxygens (including phenoxy) is 1. The van der Waals surface area contributed by atoms with Crippen LogP contribution in [0.3, 0.4) is 0 Å². The molecule has 0 bridgehead atoms. The molecule has 0 saturated carbocycles.